The van der Waals surface area contributed by atoms with Crippen LogP contribution in [0.25, 0.3) is 11.3 Å². The third-order valence-electron chi connectivity index (χ3n) is 6.60. The number of methoxy groups -OCH3 is 2. The summed E-state index contributed by atoms with van der Waals surface area (Å²) in [6, 6.07) is 1.31. The zero-order valence-corrected chi connectivity index (χ0v) is 26.9. The van der Waals surface area contributed by atoms with E-state index in [9.17, 15) is 24.3 Å². The van der Waals surface area contributed by atoms with E-state index < -0.39 is 83.4 Å². The van der Waals surface area contributed by atoms with Crippen LogP contribution in [0.1, 0.15) is 41.5 Å². The van der Waals surface area contributed by atoms with E-state index >= 15 is 8.78 Å². The number of amides is 4. The second-order valence-corrected chi connectivity index (χ2v) is 12.5. The van der Waals surface area contributed by atoms with Crippen molar-refractivity contribution in [2.75, 3.05) is 32.3 Å². The highest BCUT2D eigenvalue weighted by molar-refractivity contribution is 5.88. The van der Waals surface area contributed by atoms with Crippen LogP contribution < -0.4 is 26.4 Å². The number of nitrogens with one attached hydrogen (secondary N) is 4. The Hall–Kier alpha value is -4.47. The SMILES string of the molecule is COC(=O)NC(C(=O)NCC(O)CN(NC(=O)C(NC(=O)OC)C(C)(C)C)c1c(F)cc(-c2ccn(C)n2)cc1F)C(C)(C)C. The maximum atomic E-state index is 15.6. The van der Waals surface area contributed by atoms with Gasteiger partial charge in [0.05, 0.1) is 32.6 Å². The van der Waals surface area contributed by atoms with E-state index in [0.717, 1.165) is 31.4 Å². The number of anilines is 1. The van der Waals surface area contributed by atoms with E-state index in [-0.39, 0.29) is 5.56 Å². The van der Waals surface area contributed by atoms with E-state index in [2.05, 4.69) is 35.9 Å². The van der Waals surface area contributed by atoms with Crippen molar-refractivity contribution >= 4 is 29.7 Å². The molecule has 0 fully saturated rings. The van der Waals surface area contributed by atoms with Crippen LogP contribution in [0, 0.1) is 22.5 Å². The minimum Gasteiger partial charge on any atom is -0.453 e. The number of hydrazine groups is 1. The van der Waals surface area contributed by atoms with Gasteiger partial charge >= 0.3 is 12.2 Å². The van der Waals surface area contributed by atoms with Crippen molar-refractivity contribution in [2.24, 2.45) is 17.9 Å². The molecule has 0 saturated heterocycles. The Balaban J connectivity index is 2.41. The van der Waals surface area contributed by atoms with Gasteiger partial charge in [-0.05, 0) is 29.0 Å². The summed E-state index contributed by atoms with van der Waals surface area (Å²) in [4.78, 5) is 50.1. The number of aliphatic hydroxyl groups is 1. The molecule has 2 rings (SSSR count). The van der Waals surface area contributed by atoms with Gasteiger partial charge < -0.3 is 30.5 Å². The summed E-state index contributed by atoms with van der Waals surface area (Å²) in [5.74, 6) is -3.70. The molecule has 16 heteroatoms. The predicted molar refractivity (Wildman–Crippen MR) is 161 cm³/mol. The number of benzene rings is 1. The number of hydrogen-bond donors (Lipinski definition) is 5. The maximum absolute atomic E-state index is 15.6. The van der Waals surface area contributed by atoms with Crippen molar-refractivity contribution in [3.63, 3.8) is 0 Å². The fourth-order valence-electron chi connectivity index (χ4n) is 4.23. The molecule has 5 N–H and O–H groups in total. The number of aliphatic hydroxyl groups excluding tert-OH is 1. The number of carbonyl (C=O) groups is 4. The van der Waals surface area contributed by atoms with Gasteiger partial charge in [-0.15, -0.1) is 0 Å². The largest absolute Gasteiger partial charge is 0.453 e. The van der Waals surface area contributed by atoms with Gasteiger partial charge in [0.15, 0.2) is 11.6 Å². The lowest BCUT2D eigenvalue weighted by Crippen LogP contribution is -2.59. The smallest absolute Gasteiger partial charge is 0.407 e. The van der Waals surface area contributed by atoms with Gasteiger partial charge in [-0.25, -0.2) is 18.4 Å². The molecule has 3 unspecified atom stereocenters. The highest BCUT2D eigenvalue weighted by Crippen LogP contribution is 2.29. The van der Waals surface area contributed by atoms with E-state index in [4.69, 9.17) is 0 Å². The number of halogens is 2. The molecule has 0 aliphatic carbocycles. The number of nitrogens with zero attached hydrogens (tertiary/aromatic N) is 3. The first-order valence-electron chi connectivity index (χ1n) is 14.0. The van der Waals surface area contributed by atoms with Crippen LogP contribution in [0.15, 0.2) is 24.4 Å². The molecule has 3 atom stereocenters. The first kappa shape index (κ1) is 36.7. The molecule has 250 valence electrons. The van der Waals surface area contributed by atoms with Crippen LogP contribution in [0.4, 0.5) is 24.1 Å². The Morgan fingerprint density at radius 3 is 1.84 bits per heavy atom. The van der Waals surface area contributed by atoms with E-state index in [1.54, 1.807) is 60.9 Å². The second-order valence-electron chi connectivity index (χ2n) is 12.5. The normalized spacial score (nSPS) is 13.6. The third kappa shape index (κ3) is 10.3. The molecular weight excluding hydrogens is 596 g/mol. The lowest BCUT2D eigenvalue weighted by molar-refractivity contribution is -0.127. The minimum atomic E-state index is -1.50. The summed E-state index contributed by atoms with van der Waals surface area (Å²) in [5, 5.41) is 23.1. The lowest BCUT2D eigenvalue weighted by atomic mass is 9.86. The van der Waals surface area contributed by atoms with E-state index in [1.165, 1.54) is 4.68 Å². The number of aromatic nitrogens is 2. The molecule has 1 aromatic heterocycles. The third-order valence-corrected chi connectivity index (χ3v) is 6.60. The molecular formula is C29H43F2N7O7. The number of ether oxygens (including phenoxy) is 2. The van der Waals surface area contributed by atoms with Gasteiger partial charge in [0.2, 0.25) is 5.91 Å². The summed E-state index contributed by atoms with van der Waals surface area (Å²) in [5.41, 5.74) is 0.469. The highest BCUT2D eigenvalue weighted by Gasteiger charge is 2.36. The Morgan fingerprint density at radius 1 is 0.933 bits per heavy atom. The van der Waals surface area contributed by atoms with Crippen molar-refractivity contribution < 1.29 is 42.5 Å². The molecule has 4 amide bonds. The van der Waals surface area contributed by atoms with Crippen molar-refractivity contribution in [3.8, 4) is 11.3 Å². The molecule has 0 aliphatic heterocycles. The van der Waals surface area contributed by atoms with Crippen LogP contribution in [0.2, 0.25) is 0 Å². The van der Waals surface area contributed by atoms with Crippen molar-refractivity contribution in [2.45, 2.75) is 59.7 Å². The first-order chi connectivity index (χ1) is 20.8. The Morgan fingerprint density at radius 2 is 1.42 bits per heavy atom. The molecule has 1 aromatic carbocycles. The molecule has 45 heavy (non-hydrogen) atoms. The van der Waals surface area contributed by atoms with Crippen molar-refractivity contribution in [1.82, 2.24) is 31.2 Å². The zero-order chi connectivity index (χ0) is 34.3. The first-order valence-corrected chi connectivity index (χ1v) is 14.0. The molecule has 0 saturated carbocycles. The molecule has 0 aliphatic rings. The van der Waals surface area contributed by atoms with Crippen LogP contribution in [-0.2, 0) is 26.1 Å². The highest BCUT2D eigenvalue weighted by atomic mass is 19.1. The van der Waals surface area contributed by atoms with Crippen LogP contribution in [0.3, 0.4) is 0 Å². The summed E-state index contributed by atoms with van der Waals surface area (Å²) < 4.78 is 41.9. The number of alkyl carbamates (subject to hydrolysis) is 2. The van der Waals surface area contributed by atoms with Gasteiger partial charge in [0.25, 0.3) is 5.91 Å². The standard InChI is InChI=1S/C29H43F2N7O7/c1-28(2,3)22(33-26(42)44-8)24(40)32-14-17(39)15-38(36-25(41)23(29(4,5)6)34-27(43)45-9)21-18(30)12-16(13-19(21)31)20-10-11-37(7)35-20/h10-13,17,22-23,39H,14-15H2,1-9H3,(H,32,40)(H,33,42)(H,34,43)(H,36,41). The molecule has 0 bridgehead atoms. The average Bonchev–Trinajstić information content (AvgIpc) is 3.37. The Labute approximate surface area is 260 Å². The summed E-state index contributed by atoms with van der Waals surface area (Å²) >= 11 is 0. The molecule has 0 radical (unpaired) electrons. The maximum Gasteiger partial charge on any atom is 0.407 e. The van der Waals surface area contributed by atoms with E-state index in [0.29, 0.717) is 5.69 Å². The summed E-state index contributed by atoms with van der Waals surface area (Å²) in [7, 11) is 3.90. The summed E-state index contributed by atoms with van der Waals surface area (Å²) in [6.45, 7) is 9.02. The van der Waals surface area contributed by atoms with Crippen LogP contribution in [0.5, 0.6) is 0 Å². The Bertz CT molecular complexity index is 1350. The van der Waals surface area contributed by atoms with Gasteiger partial charge in [0.1, 0.15) is 17.8 Å². The zero-order valence-electron chi connectivity index (χ0n) is 26.9. The lowest BCUT2D eigenvalue weighted by Gasteiger charge is -2.34. The molecule has 2 aromatic rings. The number of carbonyl (C=O) groups excluding carboxylic acids is 4. The number of hydrogen-bond acceptors (Lipinski definition) is 9. The van der Waals surface area contributed by atoms with Crippen LogP contribution >= 0.6 is 0 Å². The topological polar surface area (TPSA) is 176 Å². The van der Waals surface area contributed by atoms with Gasteiger partial charge in [-0.1, -0.05) is 41.5 Å². The molecule has 0 spiro atoms. The van der Waals surface area contributed by atoms with Crippen molar-refractivity contribution in [1.29, 1.82) is 0 Å². The van der Waals surface area contributed by atoms with Gasteiger partial charge in [0, 0.05) is 25.4 Å². The predicted octanol–water partition coefficient (Wildman–Crippen LogP) is 2.22. The number of aryl methyl sites for hydroxylation is 1. The fraction of sp³-hybridized carbons (Fsp3) is 0.552. The number of rotatable bonds is 11. The second kappa shape index (κ2) is 15.0. The van der Waals surface area contributed by atoms with Gasteiger partial charge in [-0.3, -0.25) is 24.7 Å². The summed E-state index contributed by atoms with van der Waals surface area (Å²) in [6.07, 6.45) is -1.65. The molecule has 14 nitrogen and oxygen atoms in total. The minimum absolute atomic E-state index is 0.125. The fourth-order valence-corrected chi connectivity index (χ4v) is 4.23. The van der Waals surface area contributed by atoms with E-state index in [1.807, 2.05) is 0 Å². The Kier molecular flexibility index (Phi) is 12.2. The quantitative estimate of drug-likeness (QED) is 0.231. The van der Waals surface area contributed by atoms with Crippen LogP contribution in [-0.4, -0.2) is 84.4 Å². The molecule has 1 heterocycles. The van der Waals surface area contributed by atoms with Gasteiger partial charge in [-0.2, -0.15) is 5.10 Å². The average molecular weight is 640 g/mol. The monoisotopic (exact) mass is 639 g/mol. The van der Waals surface area contributed by atoms with Crippen molar-refractivity contribution in [3.05, 3.63) is 36.0 Å².